The quantitative estimate of drug-likeness (QED) is 0.782. The molecule has 0 radical (unpaired) electrons. The molecule has 2 saturated carbocycles. The van der Waals surface area contributed by atoms with Crippen LogP contribution in [0.15, 0.2) is 30.6 Å². The lowest BCUT2D eigenvalue weighted by atomic mass is 9.84. The van der Waals surface area contributed by atoms with Crippen molar-refractivity contribution in [3.05, 3.63) is 36.2 Å². The van der Waals surface area contributed by atoms with Gasteiger partial charge in [-0.25, -0.2) is 4.98 Å². The zero-order valence-corrected chi connectivity index (χ0v) is 14.4. The minimum absolute atomic E-state index is 0.00395. The van der Waals surface area contributed by atoms with Gasteiger partial charge in [-0.05, 0) is 37.8 Å². The number of nitrogens with one attached hydrogen (secondary N) is 3. The summed E-state index contributed by atoms with van der Waals surface area (Å²) in [6.07, 6.45) is 10.3. The number of nitrogens with zero attached hydrogens (tertiary/aromatic N) is 2. The summed E-state index contributed by atoms with van der Waals surface area (Å²) in [5.74, 6) is 0.715. The molecule has 0 unspecified atom stereocenters. The molecule has 0 saturated heterocycles. The van der Waals surface area contributed by atoms with Crippen LogP contribution in [0.5, 0.6) is 0 Å². The van der Waals surface area contributed by atoms with E-state index in [1.807, 2.05) is 24.3 Å². The van der Waals surface area contributed by atoms with Gasteiger partial charge in [0.15, 0.2) is 5.82 Å². The third-order valence-electron chi connectivity index (χ3n) is 5.48. The summed E-state index contributed by atoms with van der Waals surface area (Å²) in [5.41, 5.74) is 1.61. The van der Waals surface area contributed by atoms with E-state index in [1.54, 1.807) is 0 Å². The van der Waals surface area contributed by atoms with Crippen LogP contribution in [0.2, 0.25) is 0 Å². The van der Waals surface area contributed by atoms with Crippen molar-refractivity contribution in [2.24, 2.45) is 0 Å². The summed E-state index contributed by atoms with van der Waals surface area (Å²) < 4.78 is 0. The van der Waals surface area contributed by atoms with E-state index < -0.39 is 0 Å². The molecule has 25 heavy (non-hydrogen) atoms. The Balaban J connectivity index is 1.32. The number of carbonyl (C=O) groups excluding carboxylic acids is 1. The Morgan fingerprint density at radius 1 is 1.00 bits per heavy atom. The van der Waals surface area contributed by atoms with Gasteiger partial charge in [0.25, 0.3) is 5.91 Å². The molecule has 2 atom stereocenters. The third kappa shape index (κ3) is 3.74. The summed E-state index contributed by atoms with van der Waals surface area (Å²) in [7, 11) is 0. The smallest absolute Gasteiger partial charge is 0.251 e. The van der Waals surface area contributed by atoms with Crippen molar-refractivity contribution in [3.63, 3.8) is 0 Å². The summed E-state index contributed by atoms with van der Waals surface area (Å²) in [4.78, 5) is 16.6. The fourth-order valence-corrected chi connectivity index (χ4v) is 3.82. The van der Waals surface area contributed by atoms with Gasteiger partial charge < -0.3 is 10.6 Å². The Morgan fingerprint density at radius 3 is 2.40 bits per heavy atom. The van der Waals surface area contributed by atoms with E-state index in [4.69, 9.17) is 0 Å². The number of benzene rings is 1. The SMILES string of the molecule is O=C(N[C@H]1CC[C@H]1NC1CCCCC1)c1ccc(-c2ncn[nH]2)cc1. The number of aromatic amines is 1. The van der Waals surface area contributed by atoms with E-state index in [2.05, 4.69) is 25.8 Å². The molecule has 2 fully saturated rings. The fraction of sp³-hybridized carbons (Fsp3) is 0.526. The van der Waals surface area contributed by atoms with Gasteiger partial charge in [-0.1, -0.05) is 31.4 Å². The third-order valence-corrected chi connectivity index (χ3v) is 5.48. The Morgan fingerprint density at radius 2 is 1.76 bits per heavy atom. The summed E-state index contributed by atoms with van der Waals surface area (Å²) >= 11 is 0. The van der Waals surface area contributed by atoms with Crippen molar-refractivity contribution in [2.45, 2.75) is 63.1 Å². The first-order chi connectivity index (χ1) is 12.3. The molecule has 2 aromatic rings. The molecular formula is C19H25N5O. The number of carbonyl (C=O) groups is 1. The summed E-state index contributed by atoms with van der Waals surface area (Å²) in [6.45, 7) is 0. The van der Waals surface area contributed by atoms with Crippen molar-refractivity contribution in [3.8, 4) is 11.4 Å². The van der Waals surface area contributed by atoms with Gasteiger partial charge in [0.2, 0.25) is 0 Å². The molecule has 2 aliphatic carbocycles. The zero-order chi connectivity index (χ0) is 17.1. The Bertz CT molecular complexity index is 691. The van der Waals surface area contributed by atoms with Gasteiger partial charge in [-0.2, -0.15) is 5.10 Å². The predicted molar refractivity (Wildman–Crippen MR) is 96.1 cm³/mol. The molecule has 1 aromatic carbocycles. The van der Waals surface area contributed by atoms with Gasteiger partial charge in [-0.3, -0.25) is 9.89 Å². The topological polar surface area (TPSA) is 82.7 Å². The molecular weight excluding hydrogens is 314 g/mol. The Hall–Kier alpha value is -2.21. The van der Waals surface area contributed by atoms with Crippen LogP contribution in [-0.4, -0.2) is 39.2 Å². The van der Waals surface area contributed by atoms with Crippen LogP contribution in [0.25, 0.3) is 11.4 Å². The van der Waals surface area contributed by atoms with Crippen LogP contribution < -0.4 is 10.6 Å². The molecule has 1 aromatic heterocycles. The highest BCUT2D eigenvalue weighted by Crippen LogP contribution is 2.25. The first-order valence-corrected chi connectivity index (χ1v) is 9.32. The van der Waals surface area contributed by atoms with Crippen molar-refractivity contribution in [1.29, 1.82) is 0 Å². The Kier molecular flexibility index (Phi) is 4.78. The summed E-state index contributed by atoms with van der Waals surface area (Å²) in [5, 5.41) is 13.6. The van der Waals surface area contributed by atoms with Gasteiger partial charge in [0.1, 0.15) is 6.33 Å². The number of H-pyrrole nitrogens is 1. The maximum absolute atomic E-state index is 12.5. The average Bonchev–Trinajstić information content (AvgIpc) is 3.19. The molecule has 4 rings (SSSR count). The van der Waals surface area contributed by atoms with E-state index in [-0.39, 0.29) is 11.9 Å². The molecule has 6 heteroatoms. The highest BCUT2D eigenvalue weighted by Gasteiger charge is 2.33. The molecule has 132 valence electrons. The monoisotopic (exact) mass is 339 g/mol. The molecule has 1 amide bonds. The Labute approximate surface area is 147 Å². The van der Waals surface area contributed by atoms with Crippen molar-refractivity contribution < 1.29 is 4.79 Å². The predicted octanol–water partition coefficient (Wildman–Crippen LogP) is 2.65. The van der Waals surface area contributed by atoms with E-state index in [9.17, 15) is 4.79 Å². The zero-order valence-electron chi connectivity index (χ0n) is 14.4. The average molecular weight is 339 g/mol. The highest BCUT2D eigenvalue weighted by molar-refractivity contribution is 5.94. The molecule has 0 bridgehead atoms. The van der Waals surface area contributed by atoms with Gasteiger partial charge >= 0.3 is 0 Å². The van der Waals surface area contributed by atoms with Crippen LogP contribution in [0.4, 0.5) is 0 Å². The van der Waals surface area contributed by atoms with Crippen LogP contribution in [-0.2, 0) is 0 Å². The minimum Gasteiger partial charge on any atom is -0.348 e. The van der Waals surface area contributed by atoms with Gasteiger partial charge in [0, 0.05) is 29.3 Å². The van der Waals surface area contributed by atoms with E-state index in [0.717, 1.165) is 18.4 Å². The lowest BCUT2D eigenvalue weighted by Gasteiger charge is -2.41. The molecule has 1 heterocycles. The normalized spacial score (nSPS) is 23.8. The lowest BCUT2D eigenvalue weighted by molar-refractivity contribution is 0.0885. The van der Waals surface area contributed by atoms with Crippen molar-refractivity contribution >= 4 is 5.91 Å². The second-order valence-corrected chi connectivity index (χ2v) is 7.18. The number of amides is 1. The molecule has 0 aliphatic heterocycles. The first-order valence-electron chi connectivity index (χ1n) is 9.32. The summed E-state index contributed by atoms with van der Waals surface area (Å²) in [6, 6.07) is 8.80. The van der Waals surface area contributed by atoms with Gasteiger partial charge in [0.05, 0.1) is 0 Å². The van der Waals surface area contributed by atoms with E-state index >= 15 is 0 Å². The fourth-order valence-electron chi connectivity index (χ4n) is 3.82. The first kappa shape index (κ1) is 16.3. The minimum atomic E-state index is 0.00395. The number of hydrogen-bond donors (Lipinski definition) is 3. The second kappa shape index (κ2) is 7.35. The maximum atomic E-state index is 12.5. The van der Waals surface area contributed by atoms with Crippen LogP contribution in [0.3, 0.4) is 0 Å². The largest absolute Gasteiger partial charge is 0.348 e. The number of rotatable bonds is 5. The number of hydrogen-bond acceptors (Lipinski definition) is 4. The molecule has 3 N–H and O–H groups in total. The van der Waals surface area contributed by atoms with Crippen molar-refractivity contribution in [2.75, 3.05) is 0 Å². The molecule has 6 nitrogen and oxygen atoms in total. The highest BCUT2D eigenvalue weighted by atomic mass is 16.1. The number of aromatic nitrogens is 3. The van der Waals surface area contributed by atoms with Crippen LogP contribution in [0.1, 0.15) is 55.3 Å². The van der Waals surface area contributed by atoms with Crippen LogP contribution in [0, 0.1) is 0 Å². The van der Waals surface area contributed by atoms with E-state index in [1.165, 1.54) is 38.4 Å². The second-order valence-electron chi connectivity index (χ2n) is 7.18. The van der Waals surface area contributed by atoms with Crippen molar-refractivity contribution in [1.82, 2.24) is 25.8 Å². The molecule has 0 spiro atoms. The van der Waals surface area contributed by atoms with Gasteiger partial charge in [-0.15, -0.1) is 0 Å². The molecule has 2 aliphatic rings. The standard InChI is InChI=1S/C19H25N5O/c25-19(14-8-6-13(7-9-14)18-20-12-21-24-18)23-17-11-10-16(17)22-15-4-2-1-3-5-15/h6-9,12,15-17,22H,1-5,10-11H2,(H,23,25)(H,20,21,24)/t16-,17+/m1/s1. The van der Waals surface area contributed by atoms with E-state index in [0.29, 0.717) is 23.5 Å². The van der Waals surface area contributed by atoms with Crippen LogP contribution >= 0.6 is 0 Å². The lowest BCUT2D eigenvalue weighted by Crippen LogP contribution is -2.59. The maximum Gasteiger partial charge on any atom is 0.251 e.